The number of hydrogen-bond acceptors (Lipinski definition) is 4. The molecule has 0 radical (unpaired) electrons. The van der Waals surface area contributed by atoms with Crippen molar-refractivity contribution < 1.29 is 15.0 Å². The zero-order valence-electron chi connectivity index (χ0n) is 17.4. The lowest BCUT2D eigenvalue weighted by Crippen LogP contribution is -2.68. The molecule has 1 heterocycles. The Morgan fingerprint density at radius 2 is 2.03 bits per heavy atom. The van der Waals surface area contributed by atoms with E-state index in [-0.39, 0.29) is 23.6 Å². The Hall–Kier alpha value is -1.79. The van der Waals surface area contributed by atoms with Gasteiger partial charge in [0.1, 0.15) is 5.75 Å². The molecule has 0 spiro atoms. The summed E-state index contributed by atoms with van der Waals surface area (Å²) in [7, 11) is 2.05. The van der Waals surface area contributed by atoms with Crippen molar-refractivity contribution in [3.63, 3.8) is 0 Å². The van der Waals surface area contributed by atoms with Crippen molar-refractivity contribution in [3.8, 4) is 5.75 Å². The van der Waals surface area contributed by atoms with Gasteiger partial charge in [0.2, 0.25) is 5.91 Å². The van der Waals surface area contributed by atoms with Gasteiger partial charge in [0.05, 0.1) is 5.60 Å². The van der Waals surface area contributed by atoms with Crippen LogP contribution in [-0.2, 0) is 23.2 Å². The van der Waals surface area contributed by atoms with Gasteiger partial charge in [0.15, 0.2) is 0 Å². The molecule has 2 bridgehead atoms. The van der Waals surface area contributed by atoms with E-state index in [0.717, 1.165) is 36.1 Å². The number of halogens is 2. The van der Waals surface area contributed by atoms with Crippen molar-refractivity contribution in [1.82, 2.24) is 10.2 Å². The Kier molecular flexibility index (Phi) is 5.02. The van der Waals surface area contributed by atoms with E-state index in [1.54, 1.807) is 24.3 Å². The third kappa shape index (κ3) is 3.17. The number of piperidine rings is 1. The van der Waals surface area contributed by atoms with Gasteiger partial charge in [0, 0.05) is 34.0 Å². The quantitative estimate of drug-likeness (QED) is 0.653. The summed E-state index contributed by atoms with van der Waals surface area (Å²) in [6.45, 7) is 1.17. The van der Waals surface area contributed by atoms with Crippen molar-refractivity contribution in [2.45, 2.75) is 49.3 Å². The summed E-state index contributed by atoms with van der Waals surface area (Å²) in [5.74, 6) is -0.172. The number of fused-ring (bicyclic) bond motifs is 1. The molecule has 1 saturated carbocycles. The number of likely N-dealkylation sites (N-methyl/N-ethyl adjacent to an activating group) is 1. The molecule has 1 aliphatic heterocycles. The Balaban J connectivity index is 1.43. The average Bonchev–Trinajstić information content (AvgIpc) is 3.06. The Morgan fingerprint density at radius 1 is 1.23 bits per heavy atom. The van der Waals surface area contributed by atoms with Crippen LogP contribution in [0.2, 0.25) is 10.0 Å². The maximum absolute atomic E-state index is 13.2. The first-order chi connectivity index (χ1) is 14.7. The number of carbonyl (C=O) groups is 1. The minimum atomic E-state index is -0.999. The summed E-state index contributed by atoms with van der Waals surface area (Å²) in [4.78, 5) is 15.4. The summed E-state index contributed by atoms with van der Waals surface area (Å²) in [6.07, 6.45) is 2.47. The van der Waals surface area contributed by atoms with Crippen LogP contribution in [0.25, 0.3) is 0 Å². The van der Waals surface area contributed by atoms with E-state index in [9.17, 15) is 15.0 Å². The van der Waals surface area contributed by atoms with E-state index in [2.05, 4.69) is 10.2 Å². The van der Waals surface area contributed by atoms with Gasteiger partial charge in [-0.1, -0.05) is 35.3 Å². The van der Waals surface area contributed by atoms with Crippen LogP contribution in [-0.4, -0.2) is 46.3 Å². The first-order valence-corrected chi connectivity index (χ1v) is 11.5. The molecule has 5 nitrogen and oxygen atoms in total. The van der Waals surface area contributed by atoms with Crippen molar-refractivity contribution >= 4 is 29.1 Å². The number of aromatic hydroxyl groups is 1. The molecule has 3 aliphatic rings. The average molecular weight is 461 g/mol. The minimum Gasteiger partial charge on any atom is -0.508 e. The second kappa shape index (κ2) is 7.38. The zero-order chi connectivity index (χ0) is 22.0. The number of phenols is 1. The molecule has 1 saturated heterocycles. The van der Waals surface area contributed by atoms with Crippen molar-refractivity contribution in [1.29, 1.82) is 0 Å². The predicted molar refractivity (Wildman–Crippen MR) is 121 cm³/mol. The fraction of sp³-hybridized carbons (Fsp3) is 0.458. The zero-order valence-corrected chi connectivity index (χ0v) is 18.9. The van der Waals surface area contributed by atoms with Gasteiger partial charge in [-0.3, -0.25) is 4.79 Å². The smallest absolute Gasteiger partial charge is 0.223 e. The Morgan fingerprint density at radius 3 is 2.81 bits per heavy atom. The van der Waals surface area contributed by atoms with Crippen molar-refractivity contribution in [3.05, 3.63) is 63.1 Å². The molecule has 5 rings (SSSR count). The highest BCUT2D eigenvalue weighted by molar-refractivity contribution is 6.35. The molecule has 31 heavy (non-hydrogen) atoms. The minimum absolute atomic E-state index is 0.0400. The molecule has 2 fully saturated rings. The normalized spacial score (nSPS) is 31.7. The second-order valence-corrected chi connectivity index (χ2v) is 10.2. The summed E-state index contributed by atoms with van der Waals surface area (Å²) in [5, 5.41) is 26.3. The molecule has 1 amide bonds. The monoisotopic (exact) mass is 460 g/mol. The molecular weight excluding hydrogens is 435 g/mol. The Labute approximate surface area is 192 Å². The number of nitrogens with zero attached hydrogens (tertiary/aromatic N) is 1. The largest absolute Gasteiger partial charge is 0.508 e. The molecule has 4 atom stereocenters. The second-order valence-electron chi connectivity index (χ2n) is 9.36. The van der Waals surface area contributed by atoms with Gasteiger partial charge >= 0.3 is 0 Å². The third-order valence-electron chi connectivity index (χ3n) is 7.82. The summed E-state index contributed by atoms with van der Waals surface area (Å²) >= 11 is 12.2. The van der Waals surface area contributed by atoms with Crippen LogP contribution in [0.15, 0.2) is 36.4 Å². The lowest BCUT2D eigenvalue weighted by Gasteiger charge is -2.58. The van der Waals surface area contributed by atoms with Gasteiger partial charge in [-0.15, -0.1) is 0 Å². The van der Waals surface area contributed by atoms with E-state index in [1.807, 2.05) is 19.2 Å². The van der Waals surface area contributed by atoms with E-state index in [0.29, 0.717) is 29.4 Å². The molecule has 0 aromatic heterocycles. The van der Waals surface area contributed by atoms with Gasteiger partial charge in [-0.2, -0.15) is 0 Å². The lowest BCUT2D eigenvalue weighted by atomic mass is 9.56. The van der Waals surface area contributed by atoms with E-state index < -0.39 is 11.0 Å². The SMILES string of the molecule is CN1CC[C@]23C[C@H](C(=O)NCc4ccc(Cl)cc4Cl)C[C@@]2(O)[C@H]1Cc1ccc(O)cc13. The van der Waals surface area contributed by atoms with Crippen LogP contribution in [0.4, 0.5) is 0 Å². The molecule has 164 valence electrons. The van der Waals surface area contributed by atoms with Crippen LogP contribution >= 0.6 is 23.2 Å². The number of rotatable bonds is 3. The molecular formula is C24H26Cl2N2O3. The summed E-state index contributed by atoms with van der Waals surface area (Å²) < 4.78 is 0. The van der Waals surface area contributed by atoms with Crippen LogP contribution in [0, 0.1) is 5.92 Å². The number of carbonyl (C=O) groups excluding carboxylic acids is 1. The topological polar surface area (TPSA) is 72.8 Å². The molecule has 2 aliphatic carbocycles. The van der Waals surface area contributed by atoms with Crippen LogP contribution < -0.4 is 5.32 Å². The lowest BCUT2D eigenvalue weighted by molar-refractivity contribution is -0.129. The standard InChI is InChI=1S/C24H26Cl2N2O3/c1-28-7-6-23-11-16(22(30)27-13-15-2-4-17(25)9-20(15)26)12-24(23,31)21(28)8-14-3-5-18(29)10-19(14)23/h2-5,9-10,16,21,29,31H,6-8,11-13H2,1H3,(H,27,30)/t16-,21+,23+,24+/m0/s1. The van der Waals surface area contributed by atoms with Crippen molar-refractivity contribution in [2.75, 3.05) is 13.6 Å². The predicted octanol–water partition coefficient (Wildman–Crippen LogP) is 3.65. The highest BCUT2D eigenvalue weighted by Crippen LogP contribution is 2.61. The van der Waals surface area contributed by atoms with E-state index >= 15 is 0 Å². The fourth-order valence-corrected chi connectivity index (χ4v) is 6.75. The van der Waals surface area contributed by atoms with E-state index in [4.69, 9.17) is 23.2 Å². The maximum atomic E-state index is 13.2. The number of nitrogens with one attached hydrogen (secondary N) is 1. The van der Waals surface area contributed by atoms with Crippen LogP contribution in [0.1, 0.15) is 36.0 Å². The van der Waals surface area contributed by atoms with Gasteiger partial charge in [-0.05, 0) is 80.2 Å². The first kappa shape index (κ1) is 21.1. The van der Waals surface area contributed by atoms with Gasteiger partial charge < -0.3 is 20.4 Å². The highest BCUT2D eigenvalue weighted by atomic mass is 35.5. The molecule has 2 aromatic carbocycles. The number of aliphatic hydroxyl groups is 1. The summed E-state index contributed by atoms with van der Waals surface area (Å²) in [6, 6.07) is 10.7. The molecule has 2 aromatic rings. The molecule has 3 N–H and O–H groups in total. The number of likely N-dealkylation sites (tertiary alicyclic amines) is 1. The van der Waals surface area contributed by atoms with Crippen molar-refractivity contribution in [2.24, 2.45) is 5.92 Å². The number of hydrogen-bond donors (Lipinski definition) is 3. The van der Waals surface area contributed by atoms with E-state index in [1.165, 1.54) is 0 Å². The molecule has 7 heteroatoms. The number of amides is 1. The third-order valence-corrected chi connectivity index (χ3v) is 8.40. The molecule has 0 unspecified atom stereocenters. The maximum Gasteiger partial charge on any atom is 0.223 e. The fourth-order valence-electron chi connectivity index (χ4n) is 6.28. The number of benzene rings is 2. The highest BCUT2D eigenvalue weighted by Gasteiger charge is 2.67. The van der Waals surface area contributed by atoms with Crippen LogP contribution in [0.5, 0.6) is 5.75 Å². The Bertz CT molecular complexity index is 1060. The first-order valence-electron chi connectivity index (χ1n) is 10.7. The summed E-state index contributed by atoms with van der Waals surface area (Å²) in [5.41, 5.74) is 1.46. The number of phenolic OH excluding ortho intramolecular Hbond substituents is 1. The van der Waals surface area contributed by atoms with Gasteiger partial charge in [-0.25, -0.2) is 0 Å². The van der Waals surface area contributed by atoms with Crippen LogP contribution in [0.3, 0.4) is 0 Å². The van der Waals surface area contributed by atoms with Gasteiger partial charge in [0.25, 0.3) is 0 Å².